The van der Waals surface area contributed by atoms with Crippen molar-refractivity contribution in [3.8, 4) is 11.1 Å². The molecule has 1 atom stereocenters. The van der Waals surface area contributed by atoms with Gasteiger partial charge in [0.05, 0.1) is 10.6 Å². The van der Waals surface area contributed by atoms with Crippen molar-refractivity contribution in [2.75, 3.05) is 5.73 Å². The molecular weight excluding hydrogens is 255 g/mol. The zero-order valence-corrected chi connectivity index (χ0v) is 11.0. The second-order valence-corrected chi connectivity index (χ2v) is 4.62. The lowest BCUT2D eigenvalue weighted by molar-refractivity contribution is 0.366. The predicted molar refractivity (Wildman–Crippen MR) is 70.0 cm³/mol. The largest absolute Gasteiger partial charge is 0.380 e. The summed E-state index contributed by atoms with van der Waals surface area (Å²) < 4.78 is 19.2. The van der Waals surface area contributed by atoms with Gasteiger partial charge < -0.3 is 10.3 Å². The standard InChI is InChI=1S/C13H14ClFN2O/c1-3-7(2)12-10(13(16)17-18-12)8-5-4-6-9(14)11(8)15/h4-7H,3H2,1-2H3,(H2,16,17). The molecule has 18 heavy (non-hydrogen) atoms. The van der Waals surface area contributed by atoms with Crippen molar-refractivity contribution >= 4 is 17.4 Å². The van der Waals surface area contributed by atoms with Crippen molar-refractivity contribution in [2.24, 2.45) is 0 Å². The number of anilines is 1. The van der Waals surface area contributed by atoms with Crippen molar-refractivity contribution < 1.29 is 8.91 Å². The SMILES string of the molecule is CCC(C)c1onc(N)c1-c1cccc(Cl)c1F. The number of nitrogen functional groups attached to an aromatic ring is 1. The summed E-state index contributed by atoms with van der Waals surface area (Å²) in [6.45, 7) is 3.99. The van der Waals surface area contributed by atoms with Crippen LogP contribution in [-0.4, -0.2) is 5.16 Å². The molecule has 0 aliphatic heterocycles. The normalized spacial score (nSPS) is 12.7. The fourth-order valence-corrected chi connectivity index (χ4v) is 1.98. The Morgan fingerprint density at radius 2 is 2.22 bits per heavy atom. The Hall–Kier alpha value is -1.55. The molecule has 0 fully saturated rings. The van der Waals surface area contributed by atoms with Crippen LogP contribution in [0, 0.1) is 5.82 Å². The molecule has 0 spiro atoms. The molecule has 96 valence electrons. The van der Waals surface area contributed by atoms with Gasteiger partial charge in [-0.05, 0) is 12.5 Å². The van der Waals surface area contributed by atoms with Gasteiger partial charge in [0.15, 0.2) is 5.82 Å². The summed E-state index contributed by atoms with van der Waals surface area (Å²) in [7, 11) is 0. The fraction of sp³-hybridized carbons (Fsp3) is 0.308. The van der Waals surface area contributed by atoms with E-state index < -0.39 is 5.82 Å². The van der Waals surface area contributed by atoms with Gasteiger partial charge in [0.2, 0.25) is 0 Å². The molecule has 5 heteroatoms. The molecule has 3 nitrogen and oxygen atoms in total. The van der Waals surface area contributed by atoms with E-state index in [2.05, 4.69) is 5.16 Å². The maximum absolute atomic E-state index is 14.0. The highest BCUT2D eigenvalue weighted by atomic mass is 35.5. The van der Waals surface area contributed by atoms with E-state index >= 15 is 0 Å². The first-order chi connectivity index (χ1) is 8.56. The van der Waals surface area contributed by atoms with E-state index in [4.69, 9.17) is 21.9 Å². The van der Waals surface area contributed by atoms with Gasteiger partial charge in [-0.3, -0.25) is 0 Å². The third-order valence-electron chi connectivity index (χ3n) is 3.03. The van der Waals surface area contributed by atoms with Crippen LogP contribution in [0.5, 0.6) is 0 Å². The van der Waals surface area contributed by atoms with Crippen LogP contribution in [0.15, 0.2) is 22.7 Å². The van der Waals surface area contributed by atoms with Gasteiger partial charge in [-0.25, -0.2) is 4.39 Å². The summed E-state index contributed by atoms with van der Waals surface area (Å²) in [4.78, 5) is 0. The minimum absolute atomic E-state index is 0.0585. The molecule has 1 unspecified atom stereocenters. The van der Waals surface area contributed by atoms with Crippen LogP contribution in [0.25, 0.3) is 11.1 Å². The highest BCUT2D eigenvalue weighted by Crippen LogP contribution is 2.37. The van der Waals surface area contributed by atoms with Crippen molar-refractivity contribution in [3.05, 3.63) is 34.8 Å². The van der Waals surface area contributed by atoms with Crippen LogP contribution in [-0.2, 0) is 0 Å². The van der Waals surface area contributed by atoms with E-state index in [1.807, 2.05) is 13.8 Å². The zero-order chi connectivity index (χ0) is 13.3. The minimum Gasteiger partial charge on any atom is -0.380 e. The second-order valence-electron chi connectivity index (χ2n) is 4.22. The van der Waals surface area contributed by atoms with E-state index in [1.165, 1.54) is 6.07 Å². The molecule has 0 aliphatic carbocycles. The number of nitrogens with two attached hydrogens (primary N) is 1. The first-order valence-corrected chi connectivity index (χ1v) is 6.13. The van der Waals surface area contributed by atoms with E-state index in [0.29, 0.717) is 16.9 Å². The quantitative estimate of drug-likeness (QED) is 0.906. The van der Waals surface area contributed by atoms with Gasteiger partial charge in [-0.2, -0.15) is 0 Å². The summed E-state index contributed by atoms with van der Waals surface area (Å²) >= 11 is 5.78. The zero-order valence-electron chi connectivity index (χ0n) is 10.2. The van der Waals surface area contributed by atoms with Crippen molar-refractivity contribution in [2.45, 2.75) is 26.2 Å². The summed E-state index contributed by atoms with van der Waals surface area (Å²) in [6, 6.07) is 4.79. The third kappa shape index (κ3) is 2.08. The van der Waals surface area contributed by atoms with Crippen LogP contribution in [0.1, 0.15) is 31.9 Å². The molecule has 2 aromatic rings. The number of halogens is 2. The van der Waals surface area contributed by atoms with E-state index in [-0.39, 0.29) is 16.8 Å². The Morgan fingerprint density at radius 1 is 1.50 bits per heavy atom. The van der Waals surface area contributed by atoms with E-state index in [1.54, 1.807) is 12.1 Å². The van der Waals surface area contributed by atoms with Gasteiger partial charge in [-0.1, -0.05) is 42.7 Å². The molecule has 0 saturated heterocycles. The number of nitrogens with zero attached hydrogens (tertiary/aromatic N) is 1. The molecule has 0 saturated carbocycles. The van der Waals surface area contributed by atoms with Crippen LogP contribution in [0.2, 0.25) is 5.02 Å². The molecule has 1 aromatic carbocycles. The first-order valence-electron chi connectivity index (χ1n) is 5.75. The lowest BCUT2D eigenvalue weighted by Crippen LogP contribution is -1.96. The van der Waals surface area contributed by atoms with Gasteiger partial charge in [0.1, 0.15) is 11.6 Å². The van der Waals surface area contributed by atoms with Crippen LogP contribution >= 0.6 is 11.6 Å². The second kappa shape index (κ2) is 4.98. The van der Waals surface area contributed by atoms with Crippen LogP contribution in [0.3, 0.4) is 0 Å². The molecular formula is C13H14ClFN2O. The average Bonchev–Trinajstić information content (AvgIpc) is 2.74. The molecule has 0 aliphatic rings. The maximum atomic E-state index is 14.0. The number of hydrogen-bond acceptors (Lipinski definition) is 3. The monoisotopic (exact) mass is 268 g/mol. The van der Waals surface area contributed by atoms with Crippen molar-refractivity contribution in [1.29, 1.82) is 0 Å². The molecule has 1 aromatic heterocycles. The van der Waals surface area contributed by atoms with Gasteiger partial charge in [-0.15, -0.1) is 0 Å². The summed E-state index contributed by atoms with van der Waals surface area (Å²) in [6.07, 6.45) is 0.851. The Bertz CT molecular complexity index is 568. The fourth-order valence-electron chi connectivity index (χ4n) is 1.81. The van der Waals surface area contributed by atoms with E-state index in [0.717, 1.165) is 6.42 Å². The minimum atomic E-state index is -0.501. The van der Waals surface area contributed by atoms with Crippen LogP contribution < -0.4 is 5.73 Å². The molecule has 0 radical (unpaired) electrons. The molecule has 0 amide bonds. The lowest BCUT2D eigenvalue weighted by Gasteiger charge is -2.09. The lowest BCUT2D eigenvalue weighted by atomic mass is 9.97. The summed E-state index contributed by atoms with van der Waals surface area (Å²) in [5, 5.41) is 3.78. The number of hydrogen-bond donors (Lipinski definition) is 1. The maximum Gasteiger partial charge on any atom is 0.175 e. The highest BCUT2D eigenvalue weighted by Gasteiger charge is 2.23. The highest BCUT2D eigenvalue weighted by molar-refractivity contribution is 6.31. The van der Waals surface area contributed by atoms with Crippen LogP contribution in [0.4, 0.5) is 10.2 Å². The Kier molecular flexibility index (Phi) is 3.57. The number of benzene rings is 1. The molecule has 1 heterocycles. The molecule has 0 bridgehead atoms. The summed E-state index contributed by atoms with van der Waals surface area (Å²) in [5.41, 5.74) is 6.60. The molecule has 2 N–H and O–H groups in total. The Labute approximate surface area is 110 Å². The van der Waals surface area contributed by atoms with Gasteiger partial charge in [0.25, 0.3) is 0 Å². The first kappa shape index (κ1) is 12.9. The molecule has 2 rings (SSSR count). The number of aromatic nitrogens is 1. The smallest absolute Gasteiger partial charge is 0.175 e. The van der Waals surface area contributed by atoms with Gasteiger partial charge in [0, 0.05) is 11.5 Å². The Morgan fingerprint density at radius 3 is 2.89 bits per heavy atom. The van der Waals surface area contributed by atoms with Crippen molar-refractivity contribution in [3.63, 3.8) is 0 Å². The predicted octanol–water partition coefficient (Wildman–Crippen LogP) is 4.23. The van der Waals surface area contributed by atoms with E-state index in [9.17, 15) is 4.39 Å². The number of rotatable bonds is 3. The summed E-state index contributed by atoms with van der Waals surface area (Å²) in [5.74, 6) is 0.393. The van der Waals surface area contributed by atoms with Gasteiger partial charge >= 0.3 is 0 Å². The topological polar surface area (TPSA) is 52.0 Å². The Balaban J connectivity index is 2.63. The van der Waals surface area contributed by atoms with Crippen molar-refractivity contribution in [1.82, 2.24) is 5.16 Å². The third-order valence-corrected chi connectivity index (χ3v) is 3.32. The average molecular weight is 269 g/mol.